The minimum atomic E-state index is 0.196. The fraction of sp³-hybridized carbons (Fsp3) is 0.500. The van der Waals surface area contributed by atoms with E-state index in [2.05, 4.69) is 59.5 Å². The van der Waals surface area contributed by atoms with Crippen LogP contribution in [0.15, 0.2) is 30.5 Å². The minimum absolute atomic E-state index is 0.196. The molecule has 0 aliphatic carbocycles. The average Bonchev–Trinajstić information content (AvgIpc) is 2.82. The number of aliphatic hydroxyl groups is 1. The van der Waals surface area contributed by atoms with Gasteiger partial charge in [-0.3, -0.25) is 0 Å². The Morgan fingerprint density at radius 1 is 1.10 bits per heavy atom. The molecule has 4 nitrogen and oxygen atoms in total. The molecule has 0 amide bonds. The number of aromatic nitrogens is 1. The maximum absolute atomic E-state index is 8.69. The van der Waals surface area contributed by atoms with E-state index in [0.717, 1.165) is 19.6 Å². The fourth-order valence-corrected chi connectivity index (χ4v) is 2.45. The Hall–Kier alpha value is -1.36. The highest BCUT2D eigenvalue weighted by molar-refractivity contribution is 5.84. The van der Waals surface area contributed by atoms with Crippen molar-refractivity contribution in [1.82, 2.24) is 15.2 Å². The van der Waals surface area contributed by atoms with Crippen molar-refractivity contribution in [1.29, 1.82) is 0 Å². The quantitative estimate of drug-likeness (QED) is 0.645. The van der Waals surface area contributed by atoms with Gasteiger partial charge in [-0.25, -0.2) is 0 Å². The van der Waals surface area contributed by atoms with Crippen LogP contribution in [0.2, 0.25) is 0 Å². The second-order valence-corrected chi connectivity index (χ2v) is 5.32. The number of fused-ring (bicyclic) bond motifs is 1. The number of hydrogen-bond acceptors (Lipinski definition) is 3. The minimum Gasteiger partial charge on any atom is -0.395 e. The van der Waals surface area contributed by atoms with E-state index in [4.69, 9.17) is 5.11 Å². The van der Waals surface area contributed by atoms with Gasteiger partial charge in [-0.2, -0.15) is 0 Å². The molecular weight excluding hydrogens is 250 g/mol. The number of hydrogen-bond donors (Lipinski definition) is 3. The molecule has 0 aliphatic heterocycles. The summed E-state index contributed by atoms with van der Waals surface area (Å²) in [7, 11) is 0. The van der Waals surface area contributed by atoms with Crippen molar-refractivity contribution >= 4 is 10.9 Å². The molecule has 2 aromatic rings. The molecule has 0 saturated heterocycles. The summed E-state index contributed by atoms with van der Waals surface area (Å²) in [6.07, 6.45) is 2.25. The zero-order valence-corrected chi connectivity index (χ0v) is 12.4. The number of nitrogens with one attached hydrogen (secondary N) is 2. The van der Waals surface area contributed by atoms with Crippen molar-refractivity contribution in [2.45, 2.75) is 26.4 Å². The van der Waals surface area contributed by atoms with Crippen LogP contribution in [0, 0.1) is 0 Å². The van der Waals surface area contributed by atoms with E-state index in [1.807, 2.05) is 0 Å². The van der Waals surface area contributed by atoms with Gasteiger partial charge in [0.15, 0.2) is 0 Å². The molecule has 20 heavy (non-hydrogen) atoms. The smallest absolute Gasteiger partial charge is 0.0555 e. The monoisotopic (exact) mass is 275 g/mol. The molecule has 0 radical (unpaired) electrons. The first-order chi connectivity index (χ1) is 9.74. The molecule has 3 N–H and O–H groups in total. The average molecular weight is 275 g/mol. The third kappa shape index (κ3) is 3.60. The zero-order valence-electron chi connectivity index (χ0n) is 12.4. The molecule has 4 heteroatoms. The van der Waals surface area contributed by atoms with Crippen LogP contribution in [0.5, 0.6) is 0 Å². The summed E-state index contributed by atoms with van der Waals surface area (Å²) in [6, 6.07) is 9.04. The van der Waals surface area contributed by atoms with E-state index in [-0.39, 0.29) is 6.61 Å². The lowest BCUT2D eigenvalue weighted by molar-refractivity contribution is 0.292. The van der Waals surface area contributed by atoms with Gasteiger partial charge >= 0.3 is 0 Å². The molecule has 2 rings (SSSR count). The molecule has 0 saturated carbocycles. The van der Waals surface area contributed by atoms with Gasteiger partial charge < -0.3 is 20.3 Å². The molecule has 110 valence electrons. The van der Waals surface area contributed by atoms with Crippen LogP contribution < -0.4 is 10.6 Å². The summed E-state index contributed by atoms with van der Waals surface area (Å²) >= 11 is 0. The summed E-state index contributed by atoms with van der Waals surface area (Å²) in [6.45, 7) is 7.94. The predicted octanol–water partition coefficient (Wildman–Crippen LogP) is 1.89. The number of para-hydroxylation sites is 1. The van der Waals surface area contributed by atoms with Crippen LogP contribution in [0.4, 0.5) is 0 Å². The molecule has 1 aromatic heterocycles. The van der Waals surface area contributed by atoms with Crippen molar-refractivity contribution in [2.24, 2.45) is 0 Å². The largest absolute Gasteiger partial charge is 0.395 e. The van der Waals surface area contributed by atoms with Crippen LogP contribution in [0.25, 0.3) is 10.9 Å². The Kier molecular flexibility index (Phi) is 5.59. The Morgan fingerprint density at radius 2 is 1.85 bits per heavy atom. The predicted molar refractivity (Wildman–Crippen MR) is 84.0 cm³/mol. The molecule has 0 atom stereocenters. The Labute approximate surface area is 120 Å². The number of benzene rings is 1. The molecule has 1 heterocycles. The van der Waals surface area contributed by atoms with Gasteiger partial charge in [-0.05, 0) is 25.5 Å². The van der Waals surface area contributed by atoms with Crippen molar-refractivity contribution in [3.8, 4) is 0 Å². The number of aliphatic hydroxyl groups excluding tert-OH is 1. The standard InChI is InChI=1S/C16H25N3O/c1-13(2)19-12-14(11-18-8-7-17-9-10-20)15-5-3-4-6-16(15)19/h3-6,12-13,17-18,20H,7-11H2,1-2H3. The summed E-state index contributed by atoms with van der Waals surface area (Å²) in [4.78, 5) is 0. The highest BCUT2D eigenvalue weighted by atomic mass is 16.3. The second kappa shape index (κ2) is 7.43. The lowest BCUT2D eigenvalue weighted by Crippen LogP contribution is -2.28. The Bertz CT molecular complexity index is 534. The third-order valence-corrected chi connectivity index (χ3v) is 3.46. The van der Waals surface area contributed by atoms with Crippen LogP contribution in [-0.4, -0.2) is 35.9 Å². The molecule has 1 aromatic carbocycles. The number of rotatable bonds is 8. The van der Waals surface area contributed by atoms with Gasteiger partial charge in [-0.1, -0.05) is 18.2 Å². The van der Waals surface area contributed by atoms with Gasteiger partial charge in [0.05, 0.1) is 6.61 Å². The van der Waals surface area contributed by atoms with Gasteiger partial charge in [0.1, 0.15) is 0 Å². The second-order valence-electron chi connectivity index (χ2n) is 5.32. The van der Waals surface area contributed by atoms with Crippen LogP contribution >= 0.6 is 0 Å². The first-order valence-electron chi connectivity index (χ1n) is 7.34. The molecule has 0 fully saturated rings. The summed E-state index contributed by atoms with van der Waals surface area (Å²) in [5.41, 5.74) is 2.65. The highest BCUT2D eigenvalue weighted by Gasteiger charge is 2.09. The summed E-state index contributed by atoms with van der Waals surface area (Å²) < 4.78 is 2.33. The maximum Gasteiger partial charge on any atom is 0.0555 e. The lowest BCUT2D eigenvalue weighted by atomic mass is 10.2. The third-order valence-electron chi connectivity index (χ3n) is 3.46. The molecule has 0 bridgehead atoms. The van der Waals surface area contributed by atoms with Crippen LogP contribution in [-0.2, 0) is 6.54 Å². The van der Waals surface area contributed by atoms with Crippen molar-refractivity contribution in [2.75, 3.05) is 26.2 Å². The highest BCUT2D eigenvalue weighted by Crippen LogP contribution is 2.24. The van der Waals surface area contributed by atoms with Gasteiger partial charge in [0.2, 0.25) is 0 Å². The molecule has 0 aliphatic rings. The summed E-state index contributed by atoms with van der Waals surface area (Å²) in [5.74, 6) is 0. The van der Waals surface area contributed by atoms with Crippen molar-refractivity contribution < 1.29 is 5.11 Å². The van der Waals surface area contributed by atoms with Crippen LogP contribution in [0.3, 0.4) is 0 Å². The van der Waals surface area contributed by atoms with E-state index >= 15 is 0 Å². The first-order valence-corrected chi connectivity index (χ1v) is 7.34. The van der Waals surface area contributed by atoms with Gasteiger partial charge in [0, 0.05) is 49.3 Å². The van der Waals surface area contributed by atoms with Gasteiger partial charge in [-0.15, -0.1) is 0 Å². The normalized spacial score (nSPS) is 11.6. The van der Waals surface area contributed by atoms with Gasteiger partial charge in [0.25, 0.3) is 0 Å². The van der Waals surface area contributed by atoms with Crippen molar-refractivity contribution in [3.05, 3.63) is 36.0 Å². The van der Waals surface area contributed by atoms with E-state index in [1.54, 1.807) is 0 Å². The molecule has 0 unspecified atom stereocenters. The van der Waals surface area contributed by atoms with E-state index < -0.39 is 0 Å². The first kappa shape index (κ1) is 15.0. The Balaban J connectivity index is 1.99. The zero-order chi connectivity index (χ0) is 14.4. The molecule has 0 spiro atoms. The SMILES string of the molecule is CC(C)n1cc(CNCCNCCO)c2ccccc21. The number of nitrogens with zero attached hydrogens (tertiary/aromatic N) is 1. The topological polar surface area (TPSA) is 49.2 Å². The van der Waals surface area contributed by atoms with Crippen LogP contribution in [0.1, 0.15) is 25.5 Å². The molecular formula is C16H25N3O. The van der Waals surface area contributed by atoms with E-state index in [9.17, 15) is 0 Å². The summed E-state index contributed by atoms with van der Waals surface area (Å²) in [5, 5.41) is 16.6. The lowest BCUT2D eigenvalue weighted by Gasteiger charge is -2.08. The fourth-order valence-electron chi connectivity index (χ4n) is 2.45. The van der Waals surface area contributed by atoms with Crippen molar-refractivity contribution in [3.63, 3.8) is 0 Å². The Morgan fingerprint density at radius 3 is 2.60 bits per heavy atom. The van der Waals surface area contributed by atoms with E-state index in [1.165, 1.54) is 16.5 Å². The maximum atomic E-state index is 8.69. The van der Waals surface area contributed by atoms with E-state index in [0.29, 0.717) is 12.6 Å².